The third kappa shape index (κ3) is 4.27. The zero-order valence-corrected chi connectivity index (χ0v) is 16.7. The van der Waals surface area contributed by atoms with Crippen molar-refractivity contribution in [2.45, 2.75) is 25.6 Å². The molecule has 0 unspecified atom stereocenters. The minimum atomic E-state index is -4.50. The highest BCUT2D eigenvalue weighted by molar-refractivity contribution is 5.97. The number of carbonyl (C=O) groups is 1. The number of aromatic nitrogens is 4. The van der Waals surface area contributed by atoms with Gasteiger partial charge in [-0.3, -0.25) is 4.79 Å². The minimum absolute atomic E-state index is 0. The van der Waals surface area contributed by atoms with E-state index in [4.69, 9.17) is 0 Å². The molecule has 4 aromatic rings. The summed E-state index contributed by atoms with van der Waals surface area (Å²) < 4.78 is 37.5. The molecule has 3 aromatic heterocycles. The predicted octanol–water partition coefficient (Wildman–Crippen LogP) is 4.53. The van der Waals surface area contributed by atoms with Gasteiger partial charge in [-0.1, -0.05) is 12.1 Å². The summed E-state index contributed by atoms with van der Waals surface area (Å²) in [6, 6.07) is 10.9. The van der Waals surface area contributed by atoms with Crippen molar-refractivity contribution in [2.75, 3.05) is 11.9 Å². The maximum Gasteiger partial charge on any atom is 0.405 e. The predicted molar refractivity (Wildman–Crippen MR) is 116 cm³/mol. The Kier molecular flexibility index (Phi) is 5.00. The molecular formula is C21H23F3N6O. The number of H-pyrrole nitrogens is 1. The molecule has 0 aliphatic heterocycles. The van der Waals surface area contributed by atoms with E-state index in [2.05, 4.69) is 25.3 Å². The normalized spacial score (nSPS) is 12.3. The quantitative estimate of drug-likeness (QED) is 0.431. The number of nitrogens with one attached hydrogen (secondary N) is 3. The number of para-hydroxylation sites is 1. The standard InChI is InChI=1S/C21H19F3N6O.2H2/c1-20(2,19(31)27-11-21(22,23)24)30-18-13-6-3-4-8-15(13)28-17(29-18)14-10-26-16-12(14)7-5-9-25-16;;/h3-10H,11H2,1-2H3,(H,25,26)(H,27,31)(H,28,29,30);2*1H. The summed E-state index contributed by atoms with van der Waals surface area (Å²) in [4.78, 5) is 29.0. The molecule has 1 aromatic carbocycles. The number of hydrogen-bond donors (Lipinski definition) is 3. The number of anilines is 1. The number of pyridine rings is 1. The average Bonchev–Trinajstić information content (AvgIpc) is 3.15. The molecule has 10 heteroatoms. The molecular weight excluding hydrogens is 409 g/mol. The van der Waals surface area contributed by atoms with Gasteiger partial charge in [-0.15, -0.1) is 0 Å². The van der Waals surface area contributed by atoms with Gasteiger partial charge >= 0.3 is 6.18 Å². The first kappa shape index (κ1) is 20.6. The molecule has 0 radical (unpaired) electrons. The van der Waals surface area contributed by atoms with Crippen LogP contribution in [-0.2, 0) is 4.79 Å². The summed E-state index contributed by atoms with van der Waals surface area (Å²) in [6.45, 7) is 1.57. The van der Waals surface area contributed by atoms with Crippen molar-refractivity contribution in [1.82, 2.24) is 25.3 Å². The summed E-state index contributed by atoms with van der Waals surface area (Å²) in [5.41, 5.74) is 0.660. The summed E-state index contributed by atoms with van der Waals surface area (Å²) in [6.07, 6.45) is -1.09. The van der Waals surface area contributed by atoms with E-state index in [0.717, 1.165) is 10.9 Å². The van der Waals surface area contributed by atoms with Crippen LogP contribution in [-0.4, -0.2) is 44.1 Å². The summed E-state index contributed by atoms with van der Waals surface area (Å²) >= 11 is 0. The van der Waals surface area contributed by atoms with Crippen LogP contribution in [0.4, 0.5) is 19.0 Å². The average molecular weight is 432 g/mol. The van der Waals surface area contributed by atoms with E-state index in [1.165, 1.54) is 13.8 Å². The van der Waals surface area contributed by atoms with Crippen molar-refractivity contribution >= 4 is 33.7 Å². The van der Waals surface area contributed by atoms with Crippen LogP contribution in [0.5, 0.6) is 0 Å². The maximum atomic E-state index is 12.5. The zero-order valence-electron chi connectivity index (χ0n) is 16.7. The highest BCUT2D eigenvalue weighted by atomic mass is 19.4. The Morgan fingerprint density at radius 2 is 1.84 bits per heavy atom. The van der Waals surface area contributed by atoms with Crippen molar-refractivity contribution < 1.29 is 20.8 Å². The first-order chi connectivity index (χ1) is 14.6. The first-order valence-corrected chi connectivity index (χ1v) is 9.46. The Bertz CT molecular complexity index is 1280. The second-order valence-corrected chi connectivity index (χ2v) is 7.56. The molecule has 0 atom stereocenters. The maximum absolute atomic E-state index is 12.5. The molecule has 1 amide bonds. The number of fused-ring (bicyclic) bond motifs is 2. The largest absolute Gasteiger partial charge is 0.405 e. The fourth-order valence-corrected chi connectivity index (χ4v) is 3.19. The van der Waals surface area contributed by atoms with Crippen LogP contribution in [0.2, 0.25) is 0 Å². The van der Waals surface area contributed by atoms with E-state index in [1.807, 2.05) is 17.4 Å². The topological polar surface area (TPSA) is 95.6 Å². The first-order valence-electron chi connectivity index (χ1n) is 9.46. The number of rotatable bonds is 5. The van der Waals surface area contributed by atoms with Crippen LogP contribution in [0.25, 0.3) is 33.3 Å². The number of benzene rings is 1. The molecule has 7 nitrogen and oxygen atoms in total. The van der Waals surface area contributed by atoms with Crippen molar-refractivity contribution in [1.29, 1.82) is 0 Å². The van der Waals surface area contributed by atoms with Crippen molar-refractivity contribution in [3.8, 4) is 11.4 Å². The molecule has 3 heterocycles. The second-order valence-electron chi connectivity index (χ2n) is 7.56. The van der Waals surface area contributed by atoms with E-state index in [9.17, 15) is 18.0 Å². The van der Waals surface area contributed by atoms with Gasteiger partial charge in [0.15, 0.2) is 5.82 Å². The highest BCUT2D eigenvalue weighted by Gasteiger charge is 2.33. The van der Waals surface area contributed by atoms with E-state index < -0.39 is 24.2 Å². The van der Waals surface area contributed by atoms with Gasteiger partial charge in [-0.2, -0.15) is 13.2 Å². The summed E-state index contributed by atoms with van der Waals surface area (Å²) in [5.74, 6) is -0.0664. The smallest absolute Gasteiger partial charge is 0.356 e. The van der Waals surface area contributed by atoms with Gasteiger partial charge in [0.2, 0.25) is 5.91 Å². The van der Waals surface area contributed by atoms with Crippen molar-refractivity contribution in [3.63, 3.8) is 0 Å². The molecule has 0 aliphatic rings. The number of aromatic amines is 1. The van der Waals surface area contributed by atoms with Gasteiger partial charge in [0.05, 0.1) is 5.52 Å². The summed E-state index contributed by atoms with van der Waals surface area (Å²) in [7, 11) is 0. The van der Waals surface area contributed by atoms with E-state index in [-0.39, 0.29) is 2.85 Å². The van der Waals surface area contributed by atoms with Gasteiger partial charge in [0.25, 0.3) is 0 Å². The number of halogens is 3. The van der Waals surface area contributed by atoms with Crippen LogP contribution in [0.15, 0.2) is 48.8 Å². The Morgan fingerprint density at radius 1 is 1.10 bits per heavy atom. The molecule has 0 saturated carbocycles. The molecule has 164 valence electrons. The lowest BCUT2D eigenvalue weighted by atomic mass is 10.0. The Balaban J connectivity index is 0.00000193. The molecule has 0 fully saturated rings. The van der Waals surface area contributed by atoms with Crippen LogP contribution >= 0.6 is 0 Å². The number of amides is 1. The van der Waals surface area contributed by atoms with Gasteiger partial charge in [0, 0.05) is 31.6 Å². The lowest BCUT2D eigenvalue weighted by Crippen LogP contribution is -2.50. The Morgan fingerprint density at radius 3 is 2.61 bits per heavy atom. The van der Waals surface area contributed by atoms with E-state index in [0.29, 0.717) is 28.2 Å². The van der Waals surface area contributed by atoms with Crippen molar-refractivity contribution in [3.05, 3.63) is 48.8 Å². The van der Waals surface area contributed by atoms with Crippen LogP contribution < -0.4 is 10.6 Å². The highest BCUT2D eigenvalue weighted by Crippen LogP contribution is 2.30. The zero-order chi connectivity index (χ0) is 22.2. The van der Waals surface area contributed by atoms with E-state index >= 15 is 0 Å². The fraction of sp³-hybridized carbons (Fsp3) is 0.238. The number of alkyl halides is 3. The molecule has 0 saturated heterocycles. The van der Waals surface area contributed by atoms with Gasteiger partial charge < -0.3 is 15.6 Å². The third-order valence-electron chi connectivity index (χ3n) is 4.74. The lowest BCUT2D eigenvalue weighted by Gasteiger charge is -2.26. The lowest BCUT2D eigenvalue weighted by molar-refractivity contribution is -0.140. The molecule has 3 N–H and O–H groups in total. The second kappa shape index (κ2) is 7.53. The number of hydrogen-bond acceptors (Lipinski definition) is 5. The van der Waals surface area contributed by atoms with Gasteiger partial charge in [-0.05, 0) is 38.1 Å². The fourth-order valence-electron chi connectivity index (χ4n) is 3.19. The van der Waals surface area contributed by atoms with E-state index in [1.54, 1.807) is 36.7 Å². The molecule has 31 heavy (non-hydrogen) atoms. The monoisotopic (exact) mass is 432 g/mol. The molecule has 0 bridgehead atoms. The molecule has 0 aliphatic carbocycles. The molecule has 4 rings (SSSR count). The van der Waals surface area contributed by atoms with Crippen LogP contribution in [0.3, 0.4) is 0 Å². The molecule has 0 spiro atoms. The Labute approximate surface area is 178 Å². The number of carbonyl (C=O) groups excluding carboxylic acids is 1. The Hall–Kier alpha value is -3.69. The van der Waals surface area contributed by atoms with Gasteiger partial charge in [-0.25, -0.2) is 15.0 Å². The van der Waals surface area contributed by atoms with Gasteiger partial charge in [0.1, 0.15) is 23.5 Å². The van der Waals surface area contributed by atoms with Crippen LogP contribution in [0.1, 0.15) is 16.7 Å². The summed E-state index contributed by atoms with van der Waals surface area (Å²) in [5, 5.41) is 6.37. The number of nitrogens with zero attached hydrogens (tertiary/aromatic N) is 3. The van der Waals surface area contributed by atoms with Crippen molar-refractivity contribution in [2.24, 2.45) is 0 Å². The van der Waals surface area contributed by atoms with Crippen LogP contribution in [0, 0.1) is 0 Å². The minimum Gasteiger partial charge on any atom is -0.356 e. The third-order valence-corrected chi connectivity index (χ3v) is 4.74. The SMILES string of the molecule is CC(C)(Nc1nc(-c2c[nH]c3ncccc23)nc2ccccc12)C(=O)NCC(F)(F)F.[HH].[HH].